The first-order valence-electron chi connectivity index (χ1n) is 8.92. The second-order valence-corrected chi connectivity index (χ2v) is 7.27. The number of benzene rings is 3. The molecule has 1 N–H and O–H groups in total. The van der Waals surface area contributed by atoms with Crippen molar-refractivity contribution in [2.75, 3.05) is 5.32 Å². The molecule has 0 spiro atoms. The second kappa shape index (κ2) is 7.91. The molecule has 4 rings (SSSR count). The van der Waals surface area contributed by atoms with Gasteiger partial charge in [-0.25, -0.2) is 9.37 Å². The number of nitrogens with zero attached hydrogens (tertiary/aromatic N) is 2. The van der Waals surface area contributed by atoms with E-state index in [-0.39, 0.29) is 18.1 Å². The summed E-state index contributed by atoms with van der Waals surface area (Å²) in [6, 6.07) is 21.9. The zero-order valence-corrected chi connectivity index (χ0v) is 16.3. The van der Waals surface area contributed by atoms with Crippen LogP contribution in [0, 0.1) is 5.82 Å². The molecule has 0 radical (unpaired) electrons. The first-order chi connectivity index (χ1) is 13.6. The number of aromatic nitrogens is 2. The third kappa shape index (κ3) is 4.10. The Morgan fingerprint density at radius 1 is 0.964 bits per heavy atom. The summed E-state index contributed by atoms with van der Waals surface area (Å²) in [7, 11) is 2.67. The lowest BCUT2D eigenvalue weighted by Crippen LogP contribution is -2.18. The van der Waals surface area contributed by atoms with E-state index in [1.165, 1.54) is 12.1 Å². The Morgan fingerprint density at radius 3 is 2.39 bits per heavy atom. The topological polar surface area (TPSA) is 46.9 Å². The first kappa shape index (κ1) is 18.3. The van der Waals surface area contributed by atoms with Crippen molar-refractivity contribution in [3.8, 4) is 0 Å². The van der Waals surface area contributed by atoms with Crippen molar-refractivity contribution in [1.82, 2.24) is 9.55 Å². The number of carbonyl (C=O) groups excluding carboxylic acids is 1. The van der Waals surface area contributed by atoms with Crippen molar-refractivity contribution >= 4 is 37.4 Å². The van der Waals surface area contributed by atoms with E-state index in [9.17, 15) is 9.18 Å². The van der Waals surface area contributed by atoms with E-state index in [0.717, 1.165) is 27.5 Å². The van der Waals surface area contributed by atoms with Crippen molar-refractivity contribution in [2.24, 2.45) is 0 Å². The largest absolute Gasteiger partial charge is 0.305 e. The van der Waals surface area contributed by atoms with Crippen LogP contribution in [0.25, 0.3) is 11.0 Å². The Bertz CT molecular complexity index is 1120. The fraction of sp³-hybridized carbons (Fsp3) is 0.0909. The molecule has 1 amide bonds. The molecule has 4 aromatic rings. The molecule has 6 heteroatoms. The Hall–Kier alpha value is -3.04. The standard InChI is InChI=1S/C22H19FN3OP/c23-17-9-5-15(6-10-17)13-21(27)25-22-24-19-3-1-2-4-20(19)26(22)14-16-7-11-18(28)12-8-16/h1-12H,13-14,28H2,(H,24,25,27). The molecule has 0 saturated carbocycles. The van der Waals surface area contributed by atoms with Crippen LogP contribution >= 0.6 is 9.24 Å². The van der Waals surface area contributed by atoms with Crippen LogP contribution in [0.5, 0.6) is 0 Å². The monoisotopic (exact) mass is 391 g/mol. The maximum Gasteiger partial charge on any atom is 0.231 e. The highest BCUT2D eigenvalue weighted by atomic mass is 31.0. The smallest absolute Gasteiger partial charge is 0.231 e. The Morgan fingerprint density at radius 2 is 1.64 bits per heavy atom. The van der Waals surface area contributed by atoms with E-state index in [0.29, 0.717) is 12.5 Å². The molecule has 0 saturated heterocycles. The number of rotatable bonds is 5. The second-order valence-electron chi connectivity index (χ2n) is 6.60. The number of hydrogen-bond donors (Lipinski definition) is 1. The minimum absolute atomic E-state index is 0.158. The summed E-state index contributed by atoms with van der Waals surface area (Å²) < 4.78 is 15.1. The van der Waals surface area contributed by atoms with Crippen LogP contribution in [0.2, 0.25) is 0 Å². The van der Waals surface area contributed by atoms with Crippen LogP contribution in [-0.2, 0) is 17.8 Å². The van der Waals surface area contributed by atoms with Gasteiger partial charge in [-0.05, 0) is 40.7 Å². The molecule has 140 valence electrons. The normalized spacial score (nSPS) is 10.9. The van der Waals surface area contributed by atoms with Crippen LogP contribution < -0.4 is 10.6 Å². The Kier molecular flexibility index (Phi) is 5.18. The zero-order valence-electron chi connectivity index (χ0n) is 15.1. The SMILES string of the molecule is O=C(Cc1ccc(F)cc1)Nc1nc2ccccc2n1Cc1ccc(P)cc1. The van der Waals surface area contributed by atoms with Crippen LogP contribution in [-0.4, -0.2) is 15.5 Å². The van der Waals surface area contributed by atoms with Crippen molar-refractivity contribution in [1.29, 1.82) is 0 Å². The maximum absolute atomic E-state index is 13.1. The number of hydrogen-bond acceptors (Lipinski definition) is 2. The molecule has 1 unspecified atom stereocenters. The molecular weight excluding hydrogens is 372 g/mol. The van der Waals surface area contributed by atoms with Gasteiger partial charge in [0.25, 0.3) is 0 Å². The number of nitrogens with one attached hydrogen (secondary N) is 1. The summed E-state index contributed by atoms with van der Waals surface area (Å²) >= 11 is 0. The van der Waals surface area contributed by atoms with Gasteiger partial charge in [0.15, 0.2) is 0 Å². The predicted octanol–water partition coefficient (Wildman–Crippen LogP) is 3.91. The summed E-state index contributed by atoms with van der Waals surface area (Å²) in [5.41, 5.74) is 3.64. The van der Waals surface area contributed by atoms with E-state index >= 15 is 0 Å². The minimum atomic E-state index is -0.317. The number of halogens is 1. The summed E-state index contributed by atoms with van der Waals surface area (Å²) in [5, 5.41) is 4.03. The molecule has 1 heterocycles. The average molecular weight is 391 g/mol. The van der Waals surface area contributed by atoms with Gasteiger partial charge in [0.05, 0.1) is 24.0 Å². The summed E-state index contributed by atoms with van der Waals surface area (Å²) in [6.45, 7) is 0.595. The highest BCUT2D eigenvalue weighted by Crippen LogP contribution is 2.21. The quantitative estimate of drug-likeness (QED) is 0.525. The maximum atomic E-state index is 13.1. The zero-order chi connectivity index (χ0) is 19.5. The lowest BCUT2D eigenvalue weighted by atomic mass is 10.1. The lowest BCUT2D eigenvalue weighted by molar-refractivity contribution is -0.115. The van der Waals surface area contributed by atoms with Gasteiger partial charge in [0.2, 0.25) is 11.9 Å². The van der Waals surface area contributed by atoms with Gasteiger partial charge in [0.1, 0.15) is 5.82 Å². The van der Waals surface area contributed by atoms with Gasteiger partial charge in [0, 0.05) is 0 Å². The lowest BCUT2D eigenvalue weighted by Gasteiger charge is -2.11. The van der Waals surface area contributed by atoms with Gasteiger partial charge in [-0.3, -0.25) is 10.1 Å². The number of anilines is 1. The molecule has 0 fully saturated rings. The molecular formula is C22H19FN3OP. The van der Waals surface area contributed by atoms with Gasteiger partial charge in [-0.15, -0.1) is 9.24 Å². The Balaban J connectivity index is 1.61. The molecule has 1 aromatic heterocycles. The number of para-hydroxylation sites is 2. The number of carbonyl (C=O) groups is 1. The Labute approximate surface area is 164 Å². The van der Waals surface area contributed by atoms with Crippen molar-refractivity contribution in [3.05, 3.63) is 89.7 Å². The highest BCUT2D eigenvalue weighted by Gasteiger charge is 2.14. The van der Waals surface area contributed by atoms with Gasteiger partial charge in [-0.1, -0.05) is 48.5 Å². The van der Waals surface area contributed by atoms with Crippen molar-refractivity contribution < 1.29 is 9.18 Å². The van der Waals surface area contributed by atoms with Crippen LogP contribution in [0.3, 0.4) is 0 Å². The molecule has 0 aliphatic heterocycles. The highest BCUT2D eigenvalue weighted by molar-refractivity contribution is 7.27. The molecule has 1 atom stereocenters. The van der Waals surface area contributed by atoms with Gasteiger partial charge in [-0.2, -0.15) is 0 Å². The summed E-state index contributed by atoms with van der Waals surface area (Å²) in [5.74, 6) is -0.00539. The predicted molar refractivity (Wildman–Crippen MR) is 113 cm³/mol. The third-order valence-corrected chi connectivity index (χ3v) is 4.89. The van der Waals surface area contributed by atoms with Crippen LogP contribution in [0.1, 0.15) is 11.1 Å². The average Bonchev–Trinajstić information content (AvgIpc) is 3.02. The molecule has 0 aliphatic rings. The molecule has 3 aromatic carbocycles. The summed E-state index contributed by atoms with van der Waals surface area (Å²) in [6.07, 6.45) is 0.158. The van der Waals surface area contributed by atoms with Crippen molar-refractivity contribution in [3.63, 3.8) is 0 Å². The molecule has 28 heavy (non-hydrogen) atoms. The van der Waals surface area contributed by atoms with E-state index in [1.807, 2.05) is 41.0 Å². The molecule has 0 bridgehead atoms. The van der Waals surface area contributed by atoms with E-state index in [2.05, 4.69) is 31.7 Å². The van der Waals surface area contributed by atoms with E-state index in [4.69, 9.17) is 0 Å². The van der Waals surface area contributed by atoms with Crippen LogP contribution in [0.4, 0.5) is 10.3 Å². The van der Waals surface area contributed by atoms with E-state index < -0.39 is 0 Å². The number of imidazole rings is 1. The number of fused-ring (bicyclic) bond motifs is 1. The van der Waals surface area contributed by atoms with Crippen molar-refractivity contribution in [2.45, 2.75) is 13.0 Å². The third-order valence-electron chi connectivity index (χ3n) is 4.50. The van der Waals surface area contributed by atoms with Crippen LogP contribution in [0.15, 0.2) is 72.8 Å². The molecule has 0 aliphatic carbocycles. The fourth-order valence-corrected chi connectivity index (χ4v) is 3.29. The van der Waals surface area contributed by atoms with Gasteiger partial charge >= 0.3 is 0 Å². The minimum Gasteiger partial charge on any atom is -0.305 e. The first-order valence-corrected chi connectivity index (χ1v) is 9.50. The van der Waals surface area contributed by atoms with Gasteiger partial charge < -0.3 is 4.57 Å². The fourth-order valence-electron chi connectivity index (χ4n) is 3.09. The number of amides is 1. The summed E-state index contributed by atoms with van der Waals surface area (Å²) in [4.78, 5) is 17.1. The van der Waals surface area contributed by atoms with E-state index in [1.54, 1.807) is 12.1 Å². The molecule has 4 nitrogen and oxygen atoms in total.